The van der Waals surface area contributed by atoms with Crippen molar-refractivity contribution in [3.63, 3.8) is 0 Å². The lowest BCUT2D eigenvalue weighted by atomic mass is 10.1. The first kappa shape index (κ1) is 18.7. The summed E-state index contributed by atoms with van der Waals surface area (Å²) in [4.78, 5) is 17.2. The van der Waals surface area contributed by atoms with Crippen LogP contribution in [0.25, 0.3) is 22.2 Å². The summed E-state index contributed by atoms with van der Waals surface area (Å²) in [5.41, 5.74) is 4.69. The smallest absolute Gasteiger partial charge is 0.287 e. The molecule has 1 amide bonds. The zero-order valence-corrected chi connectivity index (χ0v) is 17.2. The first-order valence-corrected chi connectivity index (χ1v) is 10.3. The Morgan fingerprint density at radius 2 is 2.00 bits per heavy atom. The van der Waals surface area contributed by atoms with Crippen LogP contribution in [0.1, 0.15) is 33.6 Å². The first-order valence-electron chi connectivity index (χ1n) is 9.05. The fourth-order valence-corrected chi connectivity index (χ4v) is 3.96. The molecule has 0 aliphatic carbocycles. The highest BCUT2D eigenvalue weighted by molar-refractivity contribution is 7.09. The molecule has 4 aromatic rings. The van der Waals surface area contributed by atoms with Crippen LogP contribution >= 0.6 is 22.9 Å². The highest BCUT2D eigenvalue weighted by Crippen LogP contribution is 2.27. The lowest BCUT2D eigenvalue weighted by Crippen LogP contribution is -2.22. The SMILES string of the molecule is CCc1ccc2oc(C(=O)NCc3nc(-c4ccc(Cl)cc4)cs3)c(C)c2c1. The molecule has 0 aliphatic rings. The molecule has 0 saturated heterocycles. The number of nitrogens with one attached hydrogen (secondary N) is 1. The number of nitrogens with zero attached hydrogens (tertiary/aromatic N) is 1. The summed E-state index contributed by atoms with van der Waals surface area (Å²) < 4.78 is 5.79. The average Bonchev–Trinajstić information content (AvgIpc) is 3.31. The van der Waals surface area contributed by atoms with E-state index in [9.17, 15) is 4.79 Å². The number of aromatic nitrogens is 1. The third-order valence-corrected chi connectivity index (χ3v) is 5.81. The van der Waals surface area contributed by atoms with Crippen LogP contribution < -0.4 is 5.32 Å². The summed E-state index contributed by atoms with van der Waals surface area (Å²) in [7, 11) is 0. The highest BCUT2D eigenvalue weighted by Gasteiger charge is 2.18. The third-order valence-electron chi connectivity index (χ3n) is 4.71. The Hall–Kier alpha value is -2.63. The standard InChI is InChI=1S/C22H19ClN2O2S/c1-3-14-4-9-19-17(10-14)13(2)21(27-19)22(26)24-11-20-25-18(12-28-20)15-5-7-16(23)8-6-15/h4-10,12H,3,11H2,1-2H3,(H,24,26). The molecule has 0 atom stereocenters. The Kier molecular flexibility index (Phi) is 5.20. The van der Waals surface area contributed by atoms with Gasteiger partial charge in [0.05, 0.1) is 12.2 Å². The van der Waals surface area contributed by atoms with Gasteiger partial charge in [-0.25, -0.2) is 4.98 Å². The van der Waals surface area contributed by atoms with Crippen molar-refractivity contribution in [3.8, 4) is 11.3 Å². The number of fused-ring (bicyclic) bond motifs is 1. The van der Waals surface area contributed by atoms with E-state index in [4.69, 9.17) is 16.0 Å². The van der Waals surface area contributed by atoms with E-state index in [-0.39, 0.29) is 5.91 Å². The van der Waals surface area contributed by atoms with Crippen molar-refractivity contribution in [2.24, 2.45) is 0 Å². The maximum absolute atomic E-state index is 12.6. The van der Waals surface area contributed by atoms with Crippen molar-refractivity contribution < 1.29 is 9.21 Å². The van der Waals surface area contributed by atoms with Gasteiger partial charge in [-0.3, -0.25) is 4.79 Å². The van der Waals surface area contributed by atoms with Gasteiger partial charge in [-0.15, -0.1) is 11.3 Å². The second-order valence-corrected chi connectivity index (χ2v) is 7.94. The zero-order valence-electron chi connectivity index (χ0n) is 15.6. The summed E-state index contributed by atoms with van der Waals surface area (Å²) in [6, 6.07) is 13.6. The van der Waals surface area contributed by atoms with Crippen molar-refractivity contribution in [1.82, 2.24) is 10.3 Å². The van der Waals surface area contributed by atoms with E-state index in [0.29, 0.717) is 17.3 Å². The number of carbonyl (C=O) groups excluding carboxylic acids is 1. The number of thiazole rings is 1. The van der Waals surface area contributed by atoms with E-state index >= 15 is 0 Å². The molecule has 2 aromatic heterocycles. The molecule has 0 bridgehead atoms. The van der Waals surface area contributed by atoms with Crippen LogP contribution in [0.5, 0.6) is 0 Å². The number of hydrogen-bond donors (Lipinski definition) is 1. The fraction of sp³-hybridized carbons (Fsp3) is 0.182. The number of aryl methyl sites for hydroxylation is 2. The minimum Gasteiger partial charge on any atom is -0.451 e. The molecule has 28 heavy (non-hydrogen) atoms. The van der Waals surface area contributed by atoms with E-state index in [0.717, 1.165) is 39.2 Å². The maximum Gasteiger partial charge on any atom is 0.287 e. The topological polar surface area (TPSA) is 55.1 Å². The van der Waals surface area contributed by atoms with Gasteiger partial charge in [-0.05, 0) is 43.2 Å². The molecule has 2 aromatic carbocycles. The van der Waals surface area contributed by atoms with E-state index in [1.54, 1.807) is 0 Å². The van der Waals surface area contributed by atoms with Crippen LogP contribution in [0, 0.1) is 6.92 Å². The molecule has 2 heterocycles. The summed E-state index contributed by atoms with van der Waals surface area (Å²) in [5.74, 6) is 0.132. The van der Waals surface area contributed by atoms with Crippen LogP contribution in [-0.2, 0) is 13.0 Å². The second kappa shape index (κ2) is 7.78. The van der Waals surface area contributed by atoms with Crippen LogP contribution in [0.15, 0.2) is 52.3 Å². The highest BCUT2D eigenvalue weighted by atomic mass is 35.5. The summed E-state index contributed by atoms with van der Waals surface area (Å²) in [5, 5.41) is 7.41. The van der Waals surface area contributed by atoms with Gasteiger partial charge >= 0.3 is 0 Å². The minimum atomic E-state index is -0.227. The molecule has 4 rings (SSSR count). The number of halogens is 1. The van der Waals surface area contributed by atoms with Crippen molar-refractivity contribution in [3.05, 3.63) is 74.8 Å². The van der Waals surface area contributed by atoms with Crippen molar-refractivity contribution in [2.75, 3.05) is 0 Å². The van der Waals surface area contributed by atoms with Crippen molar-refractivity contribution in [1.29, 1.82) is 0 Å². The van der Waals surface area contributed by atoms with Gasteiger partial charge in [-0.1, -0.05) is 36.7 Å². The largest absolute Gasteiger partial charge is 0.451 e. The molecule has 4 nitrogen and oxygen atoms in total. The van der Waals surface area contributed by atoms with E-state index < -0.39 is 0 Å². The number of rotatable bonds is 5. The monoisotopic (exact) mass is 410 g/mol. The normalized spacial score (nSPS) is 11.1. The average molecular weight is 411 g/mol. The molecular formula is C22H19ClN2O2S. The third kappa shape index (κ3) is 3.68. The minimum absolute atomic E-state index is 0.227. The predicted molar refractivity (Wildman–Crippen MR) is 114 cm³/mol. The van der Waals surface area contributed by atoms with Gasteiger partial charge < -0.3 is 9.73 Å². The van der Waals surface area contributed by atoms with Crippen molar-refractivity contribution in [2.45, 2.75) is 26.8 Å². The molecule has 0 radical (unpaired) electrons. The van der Waals surface area contributed by atoms with Gasteiger partial charge in [0, 0.05) is 26.9 Å². The zero-order chi connectivity index (χ0) is 19.7. The van der Waals surface area contributed by atoms with Gasteiger partial charge in [0.2, 0.25) is 0 Å². The van der Waals surface area contributed by atoms with Gasteiger partial charge in [0.25, 0.3) is 5.91 Å². The maximum atomic E-state index is 12.6. The number of furan rings is 1. The summed E-state index contributed by atoms with van der Waals surface area (Å²) in [6.07, 6.45) is 0.947. The Morgan fingerprint density at radius 1 is 1.21 bits per heavy atom. The molecule has 0 spiro atoms. The Labute approximate surface area is 172 Å². The quantitative estimate of drug-likeness (QED) is 0.438. The molecule has 0 aliphatic heterocycles. The van der Waals surface area contributed by atoms with Crippen LogP contribution in [-0.4, -0.2) is 10.9 Å². The van der Waals surface area contributed by atoms with Gasteiger partial charge in [-0.2, -0.15) is 0 Å². The molecule has 1 N–H and O–H groups in total. The fourth-order valence-electron chi connectivity index (χ4n) is 3.09. The lowest BCUT2D eigenvalue weighted by molar-refractivity contribution is 0.0924. The summed E-state index contributed by atoms with van der Waals surface area (Å²) in [6.45, 7) is 4.38. The van der Waals surface area contributed by atoms with Crippen molar-refractivity contribution >= 4 is 39.8 Å². The number of benzene rings is 2. The van der Waals surface area contributed by atoms with Crippen LogP contribution in [0.4, 0.5) is 0 Å². The van der Waals surface area contributed by atoms with Crippen LogP contribution in [0.3, 0.4) is 0 Å². The molecule has 0 unspecified atom stereocenters. The predicted octanol–water partition coefficient (Wildman–Crippen LogP) is 6.01. The van der Waals surface area contributed by atoms with E-state index in [1.807, 2.05) is 48.7 Å². The second-order valence-electron chi connectivity index (χ2n) is 6.56. The molecule has 6 heteroatoms. The van der Waals surface area contributed by atoms with Gasteiger partial charge in [0.1, 0.15) is 10.6 Å². The van der Waals surface area contributed by atoms with E-state index in [1.165, 1.54) is 16.9 Å². The Bertz CT molecular complexity index is 1150. The first-order chi connectivity index (χ1) is 13.5. The van der Waals surface area contributed by atoms with Gasteiger partial charge in [0.15, 0.2) is 5.76 Å². The Balaban J connectivity index is 1.48. The number of carbonyl (C=O) groups is 1. The molecule has 0 fully saturated rings. The molecular weight excluding hydrogens is 392 g/mol. The summed E-state index contributed by atoms with van der Waals surface area (Å²) >= 11 is 7.44. The number of amides is 1. The number of hydrogen-bond acceptors (Lipinski definition) is 4. The Morgan fingerprint density at radius 3 is 2.75 bits per heavy atom. The lowest BCUT2D eigenvalue weighted by Gasteiger charge is -2.01. The van der Waals surface area contributed by atoms with E-state index in [2.05, 4.69) is 23.3 Å². The van der Waals surface area contributed by atoms with Crippen LogP contribution in [0.2, 0.25) is 5.02 Å². The molecule has 0 saturated carbocycles. The molecule has 142 valence electrons.